The lowest BCUT2D eigenvalue weighted by molar-refractivity contribution is 0.101. The Balaban J connectivity index is 1.75. The van der Waals surface area contributed by atoms with E-state index in [0.29, 0.717) is 27.7 Å². The van der Waals surface area contributed by atoms with Crippen molar-refractivity contribution in [1.29, 1.82) is 0 Å². The first-order valence-electron chi connectivity index (χ1n) is 6.34. The van der Waals surface area contributed by atoms with Crippen molar-refractivity contribution in [3.05, 3.63) is 58.8 Å². The third kappa shape index (κ3) is 2.04. The van der Waals surface area contributed by atoms with Crippen molar-refractivity contribution in [2.45, 2.75) is 0 Å². The average molecular weight is 301 g/mol. The molecule has 0 saturated carbocycles. The highest BCUT2D eigenvalue weighted by atomic mass is 35.5. The van der Waals surface area contributed by atoms with Crippen molar-refractivity contribution in [2.24, 2.45) is 0 Å². The zero-order chi connectivity index (χ0) is 14.4. The van der Waals surface area contributed by atoms with Crippen molar-refractivity contribution in [3.63, 3.8) is 0 Å². The highest BCUT2D eigenvalue weighted by Gasteiger charge is 2.19. The summed E-state index contributed by atoms with van der Waals surface area (Å²) in [6.07, 6.45) is 0. The Kier molecular flexibility index (Phi) is 2.65. The van der Waals surface area contributed by atoms with Crippen molar-refractivity contribution in [3.8, 4) is 11.5 Å². The van der Waals surface area contributed by atoms with Crippen LogP contribution in [0.3, 0.4) is 0 Å². The summed E-state index contributed by atoms with van der Waals surface area (Å²) in [5.74, 6) is 1.27. The topological polar surface area (TPSA) is 48.7 Å². The summed E-state index contributed by atoms with van der Waals surface area (Å²) < 4.78 is 16.1. The van der Waals surface area contributed by atoms with Gasteiger partial charge in [0.05, 0.1) is 0 Å². The number of ketones is 1. The van der Waals surface area contributed by atoms with Gasteiger partial charge in [-0.2, -0.15) is 0 Å². The molecule has 2 aromatic carbocycles. The molecule has 1 aliphatic rings. The maximum absolute atomic E-state index is 12.5. The van der Waals surface area contributed by atoms with Gasteiger partial charge in [-0.25, -0.2) is 0 Å². The second-order valence-corrected chi connectivity index (χ2v) is 5.13. The number of halogens is 1. The smallest absolute Gasteiger partial charge is 0.231 e. The standard InChI is InChI=1S/C16H9ClO4/c17-11-2-4-12-10(5-11)7-15(21-12)16(18)9-1-3-13-14(6-9)20-8-19-13/h1-7H,8H2. The highest BCUT2D eigenvalue weighted by molar-refractivity contribution is 6.31. The van der Waals surface area contributed by atoms with Gasteiger partial charge in [0, 0.05) is 16.0 Å². The first-order valence-corrected chi connectivity index (χ1v) is 6.72. The SMILES string of the molecule is O=C(c1ccc2c(c1)OCO2)c1cc2cc(Cl)ccc2o1. The van der Waals surface area contributed by atoms with E-state index in [1.54, 1.807) is 42.5 Å². The molecular weight excluding hydrogens is 292 g/mol. The number of furan rings is 1. The van der Waals surface area contributed by atoms with Crippen molar-refractivity contribution < 1.29 is 18.7 Å². The molecule has 104 valence electrons. The Morgan fingerprint density at radius 2 is 1.86 bits per heavy atom. The van der Waals surface area contributed by atoms with Crippen molar-refractivity contribution >= 4 is 28.4 Å². The molecule has 4 rings (SSSR count). The van der Waals surface area contributed by atoms with E-state index in [4.69, 9.17) is 25.5 Å². The Morgan fingerprint density at radius 3 is 2.76 bits per heavy atom. The Labute approximate surface area is 124 Å². The minimum Gasteiger partial charge on any atom is -0.454 e. The lowest BCUT2D eigenvalue weighted by atomic mass is 10.1. The normalized spacial score (nSPS) is 12.8. The molecule has 0 saturated heterocycles. The number of rotatable bonds is 2. The summed E-state index contributed by atoms with van der Waals surface area (Å²) in [6.45, 7) is 0.177. The molecule has 2 heterocycles. The van der Waals surface area contributed by atoms with Crippen LogP contribution in [0.2, 0.25) is 5.02 Å². The molecule has 0 radical (unpaired) electrons. The van der Waals surface area contributed by atoms with Gasteiger partial charge in [0.25, 0.3) is 0 Å². The molecule has 0 N–H and O–H groups in total. The molecule has 0 fully saturated rings. The van der Waals surface area contributed by atoms with E-state index in [2.05, 4.69) is 0 Å². The summed E-state index contributed by atoms with van der Waals surface area (Å²) >= 11 is 5.93. The van der Waals surface area contributed by atoms with Crippen LogP contribution in [0.1, 0.15) is 16.1 Å². The minimum absolute atomic E-state index is 0.177. The predicted molar refractivity (Wildman–Crippen MR) is 77.2 cm³/mol. The van der Waals surface area contributed by atoms with Gasteiger partial charge in [0.15, 0.2) is 17.3 Å². The fourth-order valence-corrected chi connectivity index (χ4v) is 2.49. The molecule has 0 atom stereocenters. The van der Waals surface area contributed by atoms with Crippen LogP contribution in [-0.2, 0) is 0 Å². The second-order valence-electron chi connectivity index (χ2n) is 4.69. The molecule has 0 aliphatic carbocycles. The first kappa shape index (κ1) is 12.3. The van der Waals surface area contributed by atoms with Crippen molar-refractivity contribution in [2.75, 3.05) is 6.79 Å². The molecule has 0 amide bonds. The van der Waals surface area contributed by atoms with E-state index >= 15 is 0 Å². The zero-order valence-corrected chi connectivity index (χ0v) is 11.5. The molecule has 0 bridgehead atoms. The lowest BCUT2D eigenvalue weighted by Gasteiger charge is -1.99. The van der Waals surface area contributed by atoms with E-state index in [1.165, 1.54) is 0 Å². The number of hydrogen-bond acceptors (Lipinski definition) is 4. The van der Waals surface area contributed by atoms with Crippen LogP contribution in [0.15, 0.2) is 46.9 Å². The fourth-order valence-electron chi connectivity index (χ4n) is 2.31. The van der Waals surface area contributed by atoms with Gasteiger partial charge in [-0.05, 0) is 42.5 Å². The maximum atomic E-state index is 12.5. The number of ether oxygens (including phenoxy) is 2. The van der Waals surface area contributed by atoms with Crippen LogP contribution in [0.4, 0.5) is 0 Å². The number of carbonyl (C=O) groups is 1. The van der Waals surface area contributed by atoms with Gasteiger partial charge < -0.3 is 13.9 Å². The molecule has 0 spiro atoms. The summed E-state index contributed by atoms with van der Waals surface area (Å²) in [6, 6.07) is 12.0. The Hall–Kier alpha value is -2.46. The van der Waals surface area contributed by atoms with Crippen LogP contribution in [0.25, 0.3) is 11.0 Å². The van der Waals surface area contributed by atoms with E-state index in [1.807, 2.05) is 0 Å². The highest BCUT2D eigenvalue weighted by Crippen LogP contribution is 2.33. The van der Waals surface area contributed by atoms with E-state index in [0.717, 1.165) is 5.39 Å². The third-order valence-electron chi connectivity index (χ3n) is 3.34. The molecule has 0 unspecified atom stereocenters. The molecule has 21 heavy (non-hydrogen) atoms. The van der Waals surface area contributed by atoms with Gasteiger partial charge in [-0.15, -0.1) is 0 Å². The van der Waals surface area contributed by atoms with Crippen molar-refractivity contribution in [1.82, 2.24) is 0 Å². The Morgan fingerprint density at radius 1 is 1.00 bits per heavy atom. The summed E-state index contributed by atoms with van der Waals surface area (Å²) in [5, 5.41) is 1.40. The first-order chi connectivity index (χ1) is 10.2. The molecule has 5 heteroatoms. The van der Waals surface area contributed by atoms with E-state index in [9.17, 15) is 4.79 Å². The van der Waals surface area contributed by atoms with E-state index < -0.39 is 0 Å². The molecule has 3 aromatic rings. The lowest BCUT2D eigenvalue weighted by Crippen LogP contribution is -1.99. The predicted octanol–water partition coefficient (Wildman–Crippen LogP) is 4.05. The number of fused-ring (bicyclic) bond motifs is 2. The minimum atomic E-state index is -0.208. The van der Waals surface area contributed by atoms with E-state index in [-0.39, 0.29) is 18.3 Å². The molecule has 4 nitrogen and oxygen atoms in total. The monoisotopic (exact) mass is 300 g/mol. The quantitative estimate of drug-likeness (QED) is 0.670. The number of hydrogen-bond donors (Lipinski definition) is 0. The van der Waals surface area contributed by atoms with Gasteiger partial charge in [0.2, 0.25) is 12.6 Å². The summed E-state index contributed by atoms with van der Waals surface area (Å²) in [5.41, 5.74) is 1.12. The van der Waals surface area contributed by atoms with Crippen LogP contribution >= 0.6 is 11.6 Å². The second kappa shape index (κ2) is 4.53. The summed E-state index contributed by atoms with van der Waals surface area (Å²) in [4.78, 5) is 12.5. The van der Waals surface area contributed by atoms with Crippen LogP contribution in [-0.4, -0.2) is 12.6 Å². The molecular formula is C16H9ClO4. The molecule has 1 aromatic heterocycles. The van der Waals surface area contributed by atoms with Crippen LogP contribution in [0.5, 0.6) is 11.5 Å². The zero-order valence-electron chi connectivity index (χ0n) is 10.8. The average Bonchev–Trinajstić information content (AvgIpc) is 3.11. The fraction of sp³-hybridized carbons (Fsp3) is 0.0625. The largest absolute Gasteiger partial charge is 0.454 e. The molecule has 1 aliphatic heterocycles. The Bertz CT molecular complexity index is 866. The summed E-state index contributed by atoms with van der Waals surface area (Å²) in [7, 11) is 0. The van der Waals surface area contributed by atoms with Crippen LogP contribution < -0.4 is 9.47 Å². The van der Waals surface area contributed by atoms with Gasteiger partial charge >= 0.3 is 0 Å². The van der Waals surface area contributed by atoms with Gasteiger partial charge in [-0.3, -0.25) is 4.79 Å². The van der Waals surface area contributed by atoms with Crippen LogP contribution in [0, 0.1) is 0 Å². The maximum Gasteiger partial charge on any atom is 0.231 e. The number of benzene rings is 2. The van der Waals surface area contributed by atoms with Gasteiger partial charge in [-0.1, -0.05) is 11.6 Å². The third-order valence-corrected chi connectivity index (χ3v) is 3.57. The number of carbonyl (C=O) groups excluding carboxylic acids is 1. The van der Waals surface area contributed by atoms with Gasteiger partial charge in [0.1, 0.15) is 5.58 Å².